The number of carbonyl (C=O) groups is 1. The van der Waals surface area contributed by atoms with Crippen LogP contribution in [0.25, 0.3) is 11.3 Å². The maximum absolute atomic E-state index is 11.8. The minimum absolute atomic E-state index is 0.145. The standard InChI is InChI=1S/C20H18IN3O2/c1-14-2-8-17(9-3-14)22-13-20(25)24-23-12-18-10-11-19(26-18)15-4-6-16(21)7-5-15/h2-12,22H,13H2,1H3,(H,24,25)/b23-12+. The van der Waals surface area contributed by atoms with Gasteiger partial charge in [-0.2, -0.15) is 5.10 Å². The summed E-state index contributed by atoms with van der Waals surface area (Å²) in [5.41, 5.74) is 5.54. The quantitative estimate of drug-likeness (QED) is 0.326. The lowest BCUT2D eigenvalue weighted by Crippen LogP contribution is -2.25. The first-order valence-corrected chi connectivity index (χ1v) is 9.16. The molecule has 1 heterocycles. The van der Waals surface area contributed by atoms with Gasteiger partial charge in [0.15, 0.2) is 0 Å². The fourth-order valence-corrected chi connectivity index (χ4v) is 2.61. The van der Waals surface area contributed by atoms with Gasteiger partial charge >= 0.3 is 0 Å². The Morgan fingerprint density at radius 3 is 2.54 bits per heavy atom. The van der Waals surface area contributed by atoms with Crippen molar-refractivity contribution in [2.45, 2.75) is 6.92 Å². The number of benzene rings is 2. The molecule has 3 rings (SSSR count). The predicted molar refractivity (Wildman–Crippen MR) is 112 cm³/mol. The summed E-state index contributed by atoms with van der Waals surface area (Å²) in [6.45, 7) is 2.16. The van der Waals surface area contributed by atoms with Crippen LogP contribution in [0.4, 0.5) is 5.69 Å². The van der Waals surface area contributed by atoms with E-state index in [0.29, 0.717) is 5.76 Å². The zero-order valence-corrected chi connectivity index (χ0v) is 16.4. The second kappa shape index (κ2) is 8.66. The van der Waals surface area contributed by atoms with Gasteiger partial charge in [0.1, 0.15) is 11.5 Å². The molecule has 2 aromatic carbocycles. The molecule has 0 aliphatic heterocycles. The number of hydrogen-bond acceptors (Lipinski definition) is 4. The lowest BCUT2D eigenvalue weighted by atomic mass is 10.2. The topological polar surface area (TPSA) is 66.6 Å². The smallest absolute Gasteiger partial charge is 0.259 e. The third-order valence-corrected chi connectivity index (χ3v) is 4.36. The monoisotopic (exact) mass is 459 g/mol. The van der Waals surface area contributed by atoms with Gasteiger partial charge in [-0.05, 0) is 65.9 Å². The van der Waals surface area contributed by atoms with Crippen molar-refractivity contribution in [2.75, 3.05) is 11.9 Å². The van der Waals surface area contributed by atoms with Gasteiger partial charge < -0.3 is 9.73 Å². The number of aryl methyl sites for hydroxylation is 1. The van der Waals surface area contributed by atoms with Crippen LogP contribution in [0.3, 0.4) is 0 Å². The van der Waals surface area contributed by atoms with Crippen molar-refractivity contribution in [1.82, 2.24) is 5.43 Å². The maximum atomic E-state index is 11.8. The summed E-state index contributed by atoms with van der Waals surface area (Å²) in [5, 5.41) is 6.97. The van der Waals surface area contributed by atoms with Crippen molar-refractivity contribution in [3.63, 3.8) is 0 Å². The van der Waals surface area contributed by atoms with Crippen LogP contribution >= 0.6 is 22.6 Å². The van der Waals surface area contributed by atoms with E-state index in [0.717, 1.165) is 17.0 Å². The highest BCUT2D eigenvalue weighted by molar-refractivity contribution is 14.1. The molecule has 5 nitrogen and oxygen atoms in total. The van der Waals surface area contributed by atoms with Crippen molar-refractivity contribution < 1.29 is 9.21 Å². The Labute approximate surface area is 165 Å². The van der Waals surface area contributed by atoms with E-state index >= 15 is 0 Å². The van der Waals surface area contributed by atoms with Gasteiger partial charge in [-0.25, -0.2) is 5.43 Å². The number of hydrogen-bond donors (Lipinski definition) is 2. The zero-order chi connectivity index (χ0) is 18.4. The third-order valence-electron chi connectivity index (χ3n) is 3.64. The van der Waals surface area contributed by atoms with Crippen LogP contribution in [0, 0.1) is 10.5 Å². The number of nitrogens with one attached hydrogen (secondary N) is 2. The van der Waals surface area contributed by atoms with Crippen LogP contribution in [0.5, 0.6) is 0 Å². The Morgan fingerprint density at radius 1 is 1.08 bits per heavy atom. The maximum Gasteiger partial charge on any atom is 0.259 e. The highest BCUT2D eigenvalue weighted by Gasteiger charge is 2.04. The molecule has 132 valence electrons. The van der Waals surface area contributed by atoms with Gasteiger partial charge in [0.2, 0.25) is 0 Å². The summed E-state index contributed by atoms with van der Waals surface area (Å²) >= 11 is 2.26. The molecule has 2 N–H and O–H groups in total. The van der Waals surface area contributed by atoms with E-state index < -0.39 is 0 Å². The Hall–Kier alpha value is -2.61. The average molecular weight is 459 g/mol. The average Bonchev–Trinajstić information content (AvgIpc) is 3.11. The largest absolute Gasteiger partial charge is 0.455 e. The number of anilines is 1. The summed E-state index contributed by atoms with van der Waals surface area (Å²) in [6, 6.07) is 19.6. The van der Waals surface area contributed by atoms with Gasteiger partial charge in [-0.3, -0.25) is 4.79 Å². The first kappa shape index (κ1) is 18.2. The van der Waals surface area contributed by atoms with Crippen molar-refractivity contribution >= 4 is 40.4 Å². The lowest BCUT2D eigenvalue weighted by Gasteiger charge is -2.05. The van der Waals surface area contributed by atoms with Crippen LogP contribution in [-0.2, 0) is 4.79 Å². The van der Waals surface area contributed by atoms with Gasteiger partial charge in [0, 0.05) is 14.8 Å². The van der Waals surface area contributed by atoms with E-state index in [9.17, 15) is 4.79 Å². The molecule has 1 amide bonds. The number of carbonyl (C=O) groups excluding carboxylic acids is 1. The molecular weight excluding hydrogens is 441 g/mol. The summed E-state index contributed by atoms with van der Waals surface area (Å²) in [7, 11) is 0. The van der Waals surface area contributed by atoms with Crippen LogP contribution in [0.2, 0.25) is 0 Å². The van der Waals surface area contributed by atoms with Crippen molar-refractivity contribution in [2.24, 2.45) is 5.10 Å². The minimum atomic E-state index is -0.230. The van der Waals surface area contributed by atoms with E-state index in [4.69, 9.17) is 4.42 Å². The molecule has 26 heavy (non-hydrogen) atoms. The van der Waals surface area contributed by atoms with Crippen molar-refractivity contribution in [3.05, 3.63) is 75.6 Å². The molecule has 0 saturated heterocycles. The highest BCUT2D eigenvalue weighted by atomic mass is 127. The molecule has 0 saturated carbocycles. The summed E-state index contributed by atoms with van der Waals surface area (Å²) in [5.74, 6) is 1.10. The van der Waals surface area contributed by atoms with Crippen LogP contribution in [0.1, 0.15) is 11.3 Å². The number of nitrogens with zero attached hydrogens (tertiary/aromatic N) is 1. The Kier molecular flexibility index (Phi) is 6.06. The molecular formula is C20H18IN3O2. The number of rotatable bonds is 6. The molecule has 0 aliphatic rings. The second-order valence-electron chi connectivity index (χ2n) is 5.72. The van der Waals surface area contributed by atoms with Crippen molar-refractivity contribution in [1.29, 1.82) is 0 Å². The molecule has 6 heteroatoms. The minimum Gasteiger partial charge on any atom is -0.455 e. The molecule has 0 fully saturated rings. The Balaban J connectivity index is 1.49. The van der Waals surface area contributed by atoms with E-state index in [-0.39, 0.29) is 12.5 Å². The van der Waals surface area contributed by atoms with E-state index in [1.807, 2.05) is 67.6 Å². The fourth-order valence-electron chi connectivity index (χ4n) is 2.25. The number of hydrazone groups is 1. The number of amides is 1. The summed E-state index contributed by atoms with van der Waals surface area (Å²) in [6.07, 6.45) is 1.49. The van der Waals surface area contributed by atoms with E-state index in [2.05, 4.69) is 38.4 Å². The number of halogens is 1. The molecule has 0 aliphatic carbocycles. The zero-order valence-electron chi connectivity index (χ0n) is 14.2. The molecule has 0 bridgehead atoms. The lowest BCUT2D eigenvalue weighted by molar-refractivity contribution is -0.119. The Morgan fingerprint density at radius 2 is 1.81 bits per heavy atom. The highest BCUT2D eigenvalue weighted by Crippen LogP contribution is 2.22. The molecule has 0 unspecified atom stereocenters. The fraction of sp³-hybridized carbons (Fsp3) is 0.100. The van der Waals surface area contributed by atoms with E-state index in [1.54, 1.807) is 0 Å². The first-order chi connectivity index (χ1) is 12.6. The molecule has 0 atom stereocenters. The van der Waals surface area contributed by atoms with Crippen molar-refractivity contribution in [3.8, 4) is 11.3 Å². The third kappa shape index (κ3) is 5.19. The van der Waals surface area contributed by atoms with E-state index in [1.165, 1.54) is 15.3 Å². The molecule has 1 aromatic heterocycles. The SMILES string of the molecule is Cc1ccc(NCC(=O)N/N=C/c2ccc(-c3ccc(I)cc3)o2)cc1. The summed E-state index contributed by atoms with van der Waals surface area (Å²) < 4.78 is 6.88. The van der Waals surface area contributed by atoms with Crippen LogP contribution < -0.4 is 10.7 Å². The van der Waals surface area contributed by atoms with Gasteiger partial charge in [0.25, 0.3) is 5.91 Å². The molecule has 3 aromatic rings. The molecule has 0 spiro atoms. The van der Waals surface area contributed by atoms with Gasteiger partial charge in [0.05, 0.1) is 12.8 Å². The molecule has 0 radical (unpaired) electrons. The van der Waals surface area contributed by atoms with Crippen LogP contribution in [-0.4, -0.2) is 18.7 Å². The Bertz CT molecular complexity index is 900. The van der Waals surface area contributed by atoms with Gasteiger partial charge in [-0.15, -0.1) is 0 Å². The summed E-state index contributed by atoms with van der Waals surface area (Å²) in [4.78, 5) is 11.8. The predicted octanol–water partition coefficient (Wildman–Crippen LogP) is 4.42. The normalized spacial score (nSPS) is 10.8. The second-order valence-corrected chi connectivity index (χ2v) is 6.97. The van der Waals surface area contributed by atoms with Crippen LogP contribution in [0.15, 0.2) is 70.2 Å². The first-order valence-electron chi connectivity index (χ1n) is 8.08. The number of furan rings is 1. The van der Waals surface area contributed by atoms with Gasteiger partial charge in [-0.1, -0.05) is 29.8 Å².